The maximum atomic E-state index is 10.4. The van der Waals surface area contributed by atoms with Crippen molar-refractivity contribution in [1.29, 1.82) is 10.5 Å². The minimum absolute atomic E-state index is 0.163. The van der Waals surface area contributed by atoms with E-state index in [0.717, 1.165) is 32.9 Å². The van der Waals surface area contributed by atoms with Gasteiger partial charge in [-0.25, -0.2) is 15.0 Å². The van der Waals surface area contributed by atoms with Crippen LogP contribution < -0.4 is 0 Å². The highest BCUT2D eigenvalue weighted by Crippen LogP contribution is 2.42. The molecule has 42 heavy (non-hydrogen) atoms. The lowest BCUT2D eigenvalue weighted by Gasteiger charge is -2.18. The van der Waals surface area contributed by atoms with E-state index in [-0.39, 0.29) is 22.0 Å². The Morgan fingerprint density at radius 2 is 1.00 bits per heavy atom. The maximum absolute atomic E-state index is 10.4. The molecule has 196 valence electrons. The van der Waals surface area contributed by atoms with Crippen LogP contribution in [0.2, 0.25) is 5.02 Å². The molecule has 0 spiro atoms. The van der Waals surface area contributed by atoms with E-state index in [1.165, 1.54) is 6.07 Å². The van der Waals surface area contributed by atoms with Crippen LogP contribution in [0.3, 0.4) is 0 Å². The van der Waals surface area contributed by atoms with E-state index >= 15 is 0 Å². The molecule has 0 N–H and O–H groups in total. The van der Waals surface area contributed by atoms with Crippen LogP contribution in [0.25, 0.3) is 61.7 Å². The molecule has 7 heteroatoms. The van der Waals surface area contributed by atoms with Crippen LogP contribution >= 0.6 is 11.6 Å². The summed E-state index contributed by atoms with van der Waals surface area (Å²) in [7, 11) is 0. The fourth-order valence-corrected chi connectivity index (χ4v) is 5.61. The summed E-state index contributed by atoms with van der Waals surface area (Å²) in [4.78, 5) is 14.6. The van der Waals surface area contributed by atoms with Gasteiger partial charge in [-0.2, -0.15) is 10.5 Å². The molecular weight excluding hydrogens is 540 g/mol. The van der Waals surface area contributed by atoms with Crippen LogP contribution in [0.4, 0.5) is 0 Å². The largest absolute Gasteiger partial charge is 0.307 e. The smallest absolute Gasteiger partial charge is 0.167 e. The summed E-state index contributed by atoms with van der Waals surface area (Å²) in [6.07, 6.45) is 0. The van der Waals surface area contributed by atoms with Gasteiger partial charge in [0.2, 0.25) is 0 Å². The first-order valence-electron chi connectivity index (χ1n) is 13.2. The number of fused-ring (bicyclic) bond motifs is 3. The molecule has 7 aromatic rings. The second-order valence-electron chi connectivity index (χ2n) is 9.64. The number of rotatable bonds is 4. The number of aromatic nitrogens is 4. The van der Waals surface area contributed by atoms with Crippen molar-refractivity contribution in [2.24, 2.45) is 0 Å². The Hall–Kier alpha value is -5.82. The predicted octanol–water partition coefficient (Wildman–Crippen LogP) is 8.37. The normalized spacial score (nSPS) is 10.9. The molecule has 0 atom stereocenters. The summed E-state index contributed by atoms with van der Waals surface area (Å²) in [6, 6.07) is 41.2. The molecule has 0 saturated carbocycles. The van der Waals surface area contributed by atoms with E-state index in [4.69, 9.17) is 26.6 Å². The number of halogens is 1. The molecule has 7 rings (SSSR count). The number of nitriles is 2. The average molecular weight is 559 g/mol. The zero-order valence-electron chi connectivity index (χ0n) is 22.0. The van der Waals surface area contributed by atoms with E-state index < -0.39 is 0 Å². The van der Waals surface area contributed by atoms with Crippen LogP contribution in [0, 0.1) is 22.7 Å². The van der Waals surface area contributed by atoms with Crippen LogP contribution in [-0.4, -0.2) is 19.5 Å². The topological polar surface area (TPSA) is 91.2 Å². The number of nitrogens with zero attached hydrogens (tertiary/aromatic N) is 6. The van der Waals surface area contributed by atoms with Crippen LogP contribution in [-0.2, 0) is 0 Å². The van der Waals surface area contributed by atoms with Gasteiger partial charge in [0.1, 0.15) is 12.1 Å². The molecule has 5 aromatic carbocycles. The van der Waals surface area contributed by atoms with Crippen molar-refractivity contribution in [2.75, 3.05) is 0 Å². The van der Waals surface area contributed by atoms with Crippen LogP contribution in [0.5, 0.6) is 0 Å². The quantitative estimate of drug-likeness (QED) is 0.216. The monoisotopic (exact) mass is 558 g/mol. The molecular formula is C35H19ClN6. The third-order valence-corrected chi connectivity index (χ3v) is 7.60. The Labute approximate surface area is 246 Å². The fraction of sp³-hybridized carbons (Fsp3) is 0. The zero-order valence-corrected chi connectivity index (χ0v) is 22.8. The molecule has 0 aliphatic rings. The first-order valence-corrected chi connectivity index (χ1v) is 13.6. The highest BCUT2D eigenvalue weighted by molar-refractivity contribution is 6.35. The van der Waals surface area contributed by atoms with Gasteiger partial charge in [0.05, 0.1) is 38.4 Å². The SMILES string of the molecule is N#Cc1cc(C#N)c(-n2c3ccccc3c3ccccc32)c(-c2nc(-c3ccccc3)nc(-c3ccccc3)n2)c1Cl. The van der Waals surface area contributed by atoms with Gasteiger partial charge in [-0.3, -0.25) is 0 Å². The lowest BCUT2D eigenvalue weighted by Crippen LogP contribution is -2.07. The van der Waals surface area contributed by atoms with Gasteiger partial charge in [-0.05, 0) is 18.2 Å². The molecule has 0 radical (unpaired) electrons. The van der Waals surface area contributed by atoms with Gasteiger partial charge in [0, 0.05) is 21.9 Å². The average Bonchev–Trinajstić information content (AvgIpc) is 3.39. The first kappa shape index (κ1) is 25.2. The molecule has 2 aromatic heterocycles. The van der Waals surface area contributed by atoms with Gasteiger partial charge in [0.15, 0.2) is 17.5 Å². The van der Waals surface area contributed by atoms with E-state index in [1.807, 2.05) is 102 Å². The zero-order chi connectivity index (χ0) is 28.6. The van der Waals surface area contributed by atoms with Crippen molar-refractivity contribution in [1.82, 2.24) is 19.5 Å². The molecule has 6 nitrogen and oxygen atoms in total. The number of hydrogen-bond donors (Lipinski definition) is 0. The molecule has 0 aliphatic carbocycles. The maximum Gasteiger partial charge on any atom is 0.167 e. The van der Waals surface area contributed by atoms with Gasteiger partial charge in [-0.15, -0.1) is 0 Å². The van der Waals surface area contributed by atoms with Gasteiger partial charge >= 0.3 is 0 Å². The Kier molecular flexibility index (Phi) is 6.17. The van der Waals surface area contributed by atoms with Crippen molar-refractivity contribution in [3.63, 3.8) is 0 Å². The minimum Gasteiger partial charge on any atom is -0.307 e. The molecule has 0 bridgehead atoms. The summed E-state index contributed by atoms with van der Waals surface area (Å²) in [5.41, 5.74) is 4.69. The first-order chi connectivity index (χ1) is 20.7. The third kappa shape index (κ3) is 4.07. The number of benzene rings is 5. The molecule has 2 heterocycles. The van der Waals surface area contributed by atoms with E-state index in [9.17, 15) is 10.5 Å². The fourth-order valence-electron chi connectivity index (χ4n) is 5.34. The Morgan fingerprint density at radius 3 is 1.50 bits per heavy atom. The van der Waals surface area contributed by atoms with E-state index in [0.29, 0.717) is 22.9 Å². The predicted molar refractivity (Wildman–Crippen MR) is 165 cm³/mol. The van der Waals surface area contributed by atoms with Gasteiger partial charge in [0.25, 0.3) is 0 Å². The van der Waals surface area contributed by atoms with E-state index in [1.54, 1.807) is 0 Å². The molecule has 0 amide bonds. The summed E-state index contributed by atoms with van der Waals surface area (Å²) in [5.74, 6) is 1.16. The molecule has 0 saturated heterocycles. The van der Waals surface area contributed by atoms with Crippen molar-refractivity contribution in [3.8, 4) is 52.0 Å². The Balaban J connectivity index is 1.64. The van der Waals surface area contributed by atoms with Crippen molar-refractivity contribution in [3.05, 3.63) is 131 Å². The second kappa shape index (κ2) is 10.3. The molecule has 0 unspecified atom stereocenters. The third-order valence-electron chi connectivity index (χ3n) is 7.20. The van der Waals surface area contributed by atoms with Crippen molar-refractivity contribution >= 4 is 33.4 Å². The Bertz CT molecular complexity index is 2110. The van der Waals surface area contributed by atoms with Crippen LogP contribution in [0.15, 0.2) is 115 Å². The second-order valence-corrected chi connectivity index (χ2v) is 10.0. The van der Waals surface area contributed by atoms with Gasteiger partial charge in [-0.1, -0.05) is 109 Å². The van der Waals surface area contributed by atoms with Gasteiger partial charge < -0.3 is 4.57 Å². The van der Waals surface area contributed by atoms with Crippen molar-refractivity contribution < 1.29 is 0 Å². The number of hydrogen-bond acceptors (Lipinski definition) is 5. The lowest BCUT2D eigenvalue weighted by atomic mass is 10.0. The number of para-hydroxylation sites is 2. The summed E-state index contributed by atoms with van der Waals surface area (Å²) < 4.78 is 2.01. The van der Waals surface area contributed by atoms with Crippen molar-refractivity contribution in [2.45, 2.75) is 0 Å². The molecule has 0 fully saturated rings. The molecule has 0 aliphatic heterocycles. The summed E-state index contributed by atoms with van der Waals surface area (Å²) >= 11 is 7.05. The Morgan fingerprint density at radius 1 is 0.548 bits per heavy atom. The summed E-state index contributed by atoms with van der Waals surface area (Å²) in [5, 5.41) is 22.7. The summed E-state index contributed by atoms with van der Waals surface area (Å²) in [6.45, 7) is 0. The standard InChI is InChI=1S/C35H19ClN6/c36-31-24(20-37)19-25(21-38)32(42-28-17-9-7-15-26(28)27-16-8-10-18-29(27)42)30(31)35-40-33(22-11-3-1-4-12-22)39-34(41-35)23-13-5-2-6-14-23/h1-19H. The minimum atomic E-state index is 0.163. The van der Waals surface area contributed by atoms with Crippen LogP contribution in [0.1, 0.15) is 11.1 Å². The highest BCUT2D eigenvalue weighted by atomic mass is 35.5. The highest BCUT2D eigenvalue weighted by Gasteiger charge is 2.26. The lowest BCUT2D eigenvalue weighted by molar-refractivity contribution is 1.06. The van der Waals surface area contributed by atoms with E-state index in [2.05, 4.69) is 24.3 Å².